The summed E-state index contributed by atoms with van der Waals surface area (Å²) in [6.45, 7) is 5.88. The molecule has 1 fully saturated rings. The fourth-order valence-electron chi connectivity index (χ4n) is 3.31. The lowest BCUT2D eigenvalue weighted by Gasteiger charge is -2.21. The zero-order valence-corrected chi connectivity index (χ0v) is 18.5. The Bertz CT molecular complexity index is 1040. The van der Waals surface area contributed by atoms with Crippen LogP contribution in [-0.2, 0) is 4.74 Å². The third kappa shape index (κ3) is 4.40. The van der Waals surface area contributed by atoms with Crippen LogP contribution in [-0.4, -0.2) is 54.1 Å². The van der Waals surface area contributed by atoms with Crippen LogP contribution in [0.15, 0.2) is 40.6 Å². The highest BCUT2D eigenvalue weighted by Crippen LogP contribution is 2.38. The highest BCUT2D eigenvalue weighted by molar-refractivity contribution is 7.99. The second-order valence-electron chi connectivity index (χ2n) is 8.20. The Balaban J connectivity index is 1.81. The Morgan fingerprint density at radius 2 is 2.00 bits per heavy atom. The van der Waals surface area contributed by atoms with Gasteiger partial charge in [0.2, 0.25) is 0 Å². The highest BCUT2D eigenvalue weighted by Gasteiger charge is 2.37. The normalized spacial score (nSPS) is 22.0. The third-order valence-corrected chi connectivity index (χ3v) is 5.86. The van der Waals surface area contributed by atoms with Gasteiger partial charge in [-0.3, -0.25) is 4.57 Å². The molecule has 160 valence electrons. The summed E-state index contributed by atoms with van der Waals surface area (Å²) in [4.78, 5) is 14.6. The molecule has 2 aromatic heterocycles. The molecular formula is C20H24ClN5O3S. The van der Waals surface area contributed by atoms with E-state index in [9.17, 15) is 10.2 Å². The summed E-state index contributed by atoms with van der Waals surface area (Å²) < 4.78 is 7.79. The predicted octanol–water partition coefficient (Wildman–Crippen LogP) is 3.48. The number of rotatable bonds is 5. The molecule has 10 heteroatoms. The van der Waals surface area contributed by atoms with Gasteiger partial charge in [-0.15, -0.1) is 0 Å². The highest BCUT2D eigenvalue weighted by atomic mass is 35.5. The van der Waals surface area contributed by atoms with E-state index in [1.54, 1.807) is 0 Å². The molecule has 0 unspecified atom stereocenters. The second kappa shape index (κ2) is 8.32. The number of aromatic nitrogens is 4. The number of fused-ring (bicyclic) bond motifs is 1. The Kier molecular flexibility index (Phi) is 5.91. The molecule has 0 bridgehead atoms. The molecule has 3 aromatic rings. The van der Waals surface area contributed by atoms with Gasteiger partial charge >= 0.3 is 0 Å². The number of benzene rings is 1. The zero-order chi connectivity index (χ0) is 21.5. The summed E-state index contributed by atoms with van der Waals surface area (Å²) in [5.41, 5.74) is 1.01. The van der Waals surface area contributed by atoms with E-state index in [0.29, 0.717) is 33.6 Å². The molecule has 0 amide bonds. The van der Waals surface area contributed by atoms with Crippen LogP contribution >= 0.6 is 23.4 Å². The maximum Gasteiger partial charge on any atom is 0.177 e. The number of anilines is 1. The summed E-state index contributed by atoms with van der Waals surface area (Å²) in [5.74, 6) is 0.626. The van der Waals surface area contributed by atoms with Crippen LogP contribution in [0.4, 0.5) is 5.82 Å². The standard InChI is InChI=1S/C20H24ClN5O3S/c1-20(2,3)25-17-16-18(23-10-22-17)26(15-8-13(28)14(9-27)29-15)19(24-16)30-12-6-4-11(21)5-7-12/h4-7,10,13-15,27-28H,8-9H2,1-3H3,(H,22,23,25)/t13-,14+,15+/m0/s1. The minimum atomic E-state index is -0.764. The molecule has 1 aliphatic heterocycles. The number of imidazole rings is 1. The van der Waals surface area contributed by atoms with Crippen molar-refractivity contribution >= 4 is 40.3 Å². The molecular weight excluding hydrogens is 426 g/mol. The van der Waals surface area contributed by atoms with E-state index >= 15 is 0 Å². The molecule has 1 aromatic carbocycles. The van der Waals surface area contributed by atoms with E-state index < -0.39 is 18.4 Å². The van der Waals surface area contributed by atoms with Crippen LogP contribution in [0, 0.1) is 0 Å². The number of hydrogen-bond acceptors (Lipinski definition) is 8. The van der Waals surface area contributed by atoms with Gasteiger partial charge in [-0.05, 0) is 45.0 Å². The van der Waals surface area contributed by atoms with Crippen LogP contribution < -0.4 is 5.32 Å². The fraction of sp³-hybridized carbons (Fsp3) is 0.450. The second-order valence-corrected chi connectivity index (χ2v) is 9.68. The van der Waals surface area contributed by atoms with Gasteiger partial charge in [0.1, 0.15) is 18.7 Å². The van der Waals surface area contributed by atoms with Crippen molar-refractivity contribution in [2.75, 3.05) is 11.9 Å². The van der Waals surface area contributed by atoms with Crippen molar-refractivity contribution in [1.82, 2.24) is 19.5 Å². The number of aliphatic hydroxyl groups excluding tert-OH is 2. The first-order chi connectivity index (χ1) is 14.2. The lowest BCUT2D eigenvalue weighted by molar-refractivity contribution is -0.0457. The zero-order valence-electron chi connectivity index (χ0n) is 16.9. The minimum Gasteiger partial charge on any atom is -0.394 e. The minimum absolute atomic E-state index is 0.212. The van der Waals surface area contributed by atoms with Gasteiger partial charge in [-0.1, -0.05) is 23.4 Å². The van der Waals surface area contributed by atoms with Crippen molar-refractivity contribution in [3.8, 4) is 0 Å². The monoisotopic (exact) mass is 449 g/mol. The van der Waals surface area contributed by atoms with E-state index in [-0.39, 0.29) is 12.1 Å². The fourth-order valence-corrected chi connectivity index (χ4v) is 4.36. The molecule has 0 spiro atoms. The molecule has 0 saturated carbocycles. The molecule has 3 heterocycles. The summed E-state index contributed by atoms with van der Waals surface area (Å²) >= 11 is 7.46. The molecule has 8 nitrogen and oxygen atoms in total. The van der Waals surface area contributed by atoms with Crippen molar-refractivity contribution in [3.63, 3.8) is 0 Å². The van der Waals surface area contributed by atoms with E-state index in [4.69, 9.17) is 21.3 Å². The molecule has 0 aliphatic carbocycles. The van der Waals surface area contributed by atoms with E-state index in [2.05, 4.69) is 15.3 Å². The van der Waals surface area contributed by atoms with Crippen molar-refractivity contribution in [2.45, 2.75) is 61.2 Å². The smallest absolute Gasteiger partial charge is 0.177 e. The molecule has 3 N–H and O–H groups in total. The summed E-state index contributed by atoms with van der Waals surface area (Å²) in [6.07, 6.45) is -0.0964. The Morgan fingerprint density at radius 3 is 2.63 bits per heavy atom. The van der Waals surface area contributed by atoms with Gasteiger partial charge in [-0.2, -0.15) is 0 Å². The number of nitrogens with zero attached hydrogens (tertiary/aromatic N) is 4. The van der Waals surface area contributed by atoms with Gasteiger partial charge < -0.3 is 20.3 Å². The summed E-state index contributed by atoms with van der Waals surface area (Å²) in [6, 6.07) is 7.47. The average molecular weight is 450 g/mol. The average Bonchev–Trinajstić information content (AvgIpc) is 3.22. The van der Waals surface area contributed by atoms with Crippen molar-refractivity contribution in [3.05, 3.63) is 35.6 Å². The first-order valence-corrected chi connectivity index (χ1v) is 10.8. The summed E-state index contributed by atoms with van der Waals surface area (Å²) in [5, 5.41) is 24.4. The van der Waals surface area contributed by atoms with Crippen LogP contribution in [0.3, 0.4) is 0 Å². The molecule has 30 heavy (non-hydrogen) atoms. The number of hydrogen-bond donors (Lipinski definition) is 3. The van der Waals surface area contributed by atoms with E-state index in [1.807, 2.05) is 49.6 Å². The van der Waals surface area contributed by atoms with Crippen LogP contribution in [0.2, 0.25) is 5.02 Å². The number of halogens is 1. The molecule has 4 rings (SSSR count). The molecule has 3 atom stereocenters. The largest absolute Gasteiger partial charge is 0.394 e. The summed E-state index contributed by atoms with van der Waals surface area (Å²) in [7, 11) is 0. The van der Waals surface area contributed by atoms with Crippen molar-refractivity contribution in [1.29, 1.82) is 0 Å². The Hall–Kier alpha value is -1.91. The number of nitrogens with one attached hydrogen (secondary N) is 1. The first kappa shape index (κ1) is 21.3. The Morgan fingerprint density at radius 1 is 1.27 bits per heavy atom. The van der Waals surface area contributed by atoms with E-state index in [0.717, 1.165) is 4.90 Å². The maximum absolute atomic E-state index is 10.3. The topological polar surface area (TPSA) is 105 Å². The van der Waals surface area contributed by atoms with Crippen LogP contribution in [0.5, 0.6) is 0 Å². The first-order valence-electron chi connectivity index (χ1n) is 9.64. The van der Waals surface area contributed by atoms with Gasteiger partial charge in [-0.25, -0.2) is 15.0 Å². The third-order valence-electron chi connectivity index (χ3n) is 4.63. The SMILES string of the molecule is CC(C)(C)Nc1ncnc2c1nc(Sc1ccc(Cl)cc1)n2[C@H]1C[C@H](O)[C@@H](CO)O1. The van der Waals surface area contributed by atoms with Gasteiger partial charge in [0.25, 0.3) is 0 Å². The number of ether oxygens (including phenoxy) is 1. The molecule has 0 radical (unpaired) electrons. The quantitative estimate of drug-likeness (QED) is 0.543. The van der Waals surface area contributed by atoms with Crippen molar-refractivity contribution < 1.29 is 14.9 Å². The maximum atomic E-state index is 10.3. The van der Waals surface area contributed by atoms with Gasteiger partial charge in [0.15, 0.2) is 22.1 Å². The Labute approximate surface area is 183 Å². The van der Waals surface area contributed by atoms with Gasteiger partial charge in [0.05, 0.1) is 12.7 Å². The van der Waals surface area contributed by atoms with Gasteiger partial charge in [0, 0.05) is 21.9 Å². The van der Waals surface area contributed by atoms with E-state index in [1.165, 1.54) is 18.1 Å². The van der Waals surface area contributed by atoms with Crippen molar-refractivity contribution in [2.24, 2.45) is 0 Å². The molecule has 1 aliphatic rings. The predicted molar refractivity (Wildman–Crippen MR) is 116 cm³/mol. The van der Waals surface area contributed by atoms with Crippen LogP contribution in [0.25, 0.3) is 11.2 Å². The molecule has 1 saturated heterocycles. The lowest BCUT2D eigenvalue weighted by Crippen LogP contribution is -2.26. The number of aliphatic hydroxyl groups is 2. The lowest BCUT2D eigenvalue weighted by atomic mass is 10.1. The van der Waals surface area contributed by atoms with Crippen LogP contribution in [0.1, 0.15) is 33.4 Å².